The third-order valence-electron chi connectivity index (χ3n) is 4.06. The molecule has 1 heterocycles. The Bertz CT molecular complexity index is 897. The Balaban J connectivity index is 1.90. The third kappa shape index (κ3) is 3.98. The molecule has 1 aromatic heterocycles. The number of aromatic hydroxyl groups is 1. The van der Waals surface area contributed by atoms with E-state index in [4.69, 9.17) is 17.3 Å². The fraction of sp³-hybridized carbons (Fsp3) is 0.100. The Hall–Kier alpha value is -2.85. The van der Waals surface area contributed by atoms with Gasteiger partial charge in [0.05, 0.1) is 10.9 Å². The number of phenols is 1. The predicted octanol–water partition coefficient (Wildman–Crippen LogP) is 3.92. The number of halogens is 1. The van der Waals surface area contributed by atoms with Gasteiger partial charge in [0.15, 0.2) is 0 Å². The minimum atomic E-state index is -0.415. The highest BCUT2D eigenvalue weighted by Crippen LogP contribution is 2.30. The van der Waals surface area contributed by atoms with E-state index >= 15 is 0 Å². The maximum Gasteiger partial charge on any atom is 0.225 e. The minimum Gasteiger partial charge on any atom is -0.506 e. The van der Waals surface area contributed by atoms with Crippen molar-refractivity contribution < 1.29 is 9.90 Å². The van der Waals surface area contributed by atoms with Crippen LogP contribution >= 0.6 is 11.6 Å². The molecule has 3 N–H and O–H groups in total. The second kappa shape index (κ2) is 7.36. The number of phenolic OH excluding ortho intramolecular Hbond substituents is 1. The van der Waals surface area contributed by atoms with Gasteiger partial charge < -0.3 is 10.8 Å². The molecule has 25 heavy (non-hydrogen) atoms. The average Bonchev–Trinajstić information content (AvgIpc) is 2.63. The van der Waals surface area contributed by atoms with Crippen LogP contribution in [0.4, 0.5) is 0 Å². The number of nitrogens with two attached hydrogens (primary N) is 1. The van der Waals surface area contributed by atoms with E-state index in [0.717, 1.165) is 22.3 Å². The van der Waals surface area contributed by atoms with Crippen molar-refractivity contribution in [2.24, 2.45) is 5.73 Å². The molecule has 126 valence electrons. The number of primary amides is 1. The lowest BCUT2D eigenvalue weighted by Crippen LogP contribution is -2.23. The number of rotatable bonds is 5. The first kappa shape index (κ1) is 17.0. The van der Waals surface area contributed by atoms with E-state index in [0.29, 0.717) is 6.42 Å². The van der Waals surface area contributed by atoms with E-state index in [-0.39, 0.29) is 16.7 Å². The highest BCUT2D eigenvalue weighted by Gasteiger charge is 2.18. The summed E-state index contributed by atoms with van der Waals surface area (Å²) in [4.78, 5) is 16.2. The fourth-order valence-electron chi connectivity index (χ4n) is 2.75. The van der Waals surface area contributed by atoms with Crippen molar-refractivity contribution in [2.75, 3.05) is 0 Å². The van der Waals surface area contributed by atoms with Gasteiger partial charge >= 0.3 is 0 Å². The molecule has 0 saturated carbocycles. The zero-order valence-electron chi connectivity index (χ0n) is 13.4. The molecule has 0 bridgehead atoms. The van der Waals surface area contributed by atoms with Crippen LogP contribution < -0.4 is 5.73 Å². The van der Waals surface area contributed by atoms with Crippen LogP contribution in [0, 0.1) is 0 Å². The topological polar surface area (TPSA) is 76.2 Å². The Labute approximate surface area is 150 Å². The van der Waals surface area contributed by atoms with Crippen molar-refractivity contribution in [1.29, 1.82) is 0 Å². The lowest BCUT2D eigenvalue weighted by Gasteiger charge is -2.14. The lowest BCUT2D eigenvalue weighted by molar-refractivity contribution is -0.119. The van der Waals surface area contributed by atoms with Gasteiger partial charge in [0, 0.05) is 18.0 Å². The second-order valence-electron chi connectivity index (χ2n) is 5.82. The largest absolute Gasteiger partial charge is 0.506 e. The lowest BCUT2D eigenvalue weighted by atomic mass is 9.91. The molecule has 5 heteroatoms. The van der Waals surface area contributed by atoms with Crippen molar-refractivity contribution in [3.8, 4) is 16.9 Å². The number of hydrogen-bond acceptors (Lipinski definition) is 3. The van der Waals surface area contributed by atoms with Crippen molar-refractivity contribution in [1.82, 2.24) is 4.98 Å². The smallest absolute Gasteiger partial charge is 0.225 e. The van der Waals surface area contributed by atoms with Gasteiger partial charge in [-0.3, -0.25) is 9.78 Å². The van der Waals surface area contributed by atoms with E-state index in [1.807, 2.05) is 36.4 Å². The summed E-state index contributed by atoms with van der Waals surface area (Å²) in [5.74, 6) is -0.752. The number of amides is 1. The normalized spacial score (nSPS) is 11.9. The maximum absolute atomic E-state index is 11.9. The molecule has 1 atom stereocenters. The van der Waals surface area contributed by atoms with Crippen LogP contribution in [-0.2, 0) is 11.2 Å². The zero-order chi connectivity index (χ0) is 17.8. The molecule has 4 nitrogen and oxygen atoms in total. The van der Waals surface area contributed by atoms with Gasteiger partial charge in [0.1, 0.15) is 5.75 Å². The number of carbonyl (C=O) groups is 1. The van der Waals surface area contributed by atoms with E-state index in [9.17, 15) is 9.90 Å². The number of nitrogens with zero attached hydrogens (tertiary/aromatic N) is 1. The molecular formula is C20H17ClN2O2. The van der Waals surface area contributed by atoms with Crippen LogP contribution in [0.3, 0.4) is 0 Å². The van der Waals surface area contributed by atoms with E-state index in [1.54, 1.807) is 30.6 Å². The average molecular weight is 353 g/mol. The number of pyridine rings is 1. The molecular weight excluding hydrogens is 336 g/mol. The van der Waals surface area contributed by atoms with Crippen molar-refractivity contribution in [2.45, 2.75) is 12.3 Å². The molecule has 0 fully saturated rings. The Morgan fingerprint density at radius 1 is 1.08 bits per heavy atom. The standard InChI is InChI=1S/C20H17ClN2O2/c21-18-10-15(6-7-19(18)24)16-8-13(11-23-12-16)9-17(20(22)25)14-4-2-1-3-5-14/h1-8,10-12,17,24H,9H2,(H2,22,25)/t17-/m1/s1. The maximum atomic E-state index is 11.9. The Morgan fingerprint density at radius 2 is 1.84 bits per heavy atom. The highest BCUT2D eigenvalue weighted by atomic mass is 35.5. The van der Waals surface area contributed by atoms with E-state index in [1.165, 1.54) is 0 Å². The number of benzene rings is 2. The molecule has 3 aromatic rings. The molecule has 0 spiro atoms. The van der Waals surface area contributed by atoms with Gasteiger partial charge in [0.2, 0.25) is 5.91 Å². The Morgan fingerprint density at radius 3 is 2.52 bits per heavy atom. The number of hydrogen-bond donors (Lipinski definition) is 2. The molecule has 1 amide bonds. The summed E-state index contributed by atoms with van der Waals surface area (Å²) in [5, 5.41) is 9.83. The summed E-state index contributed by atoms with van der Waals surface area (Å²) in [6.07, 6.45) is 3.91. The first-order valence-corrected chi connectivity index (χ1v) is 8.19. The van der Waals surface area contributed by atoms with Crippen LogP contribution in [0.2, 0.25) is 5.02 Å². The molecule has 0 aliphatic rings. The van der Waals surface area contributed by atoms with Crippen molar-refractivity contribution >= 4 is 17.5 Å². The van der Waals surface area contributed by atoms with Gasteiger partial charge in [-0.1, -0.05) is 48.0 Å². The quantitative estimate of drug-likeness (QED) is 0.730. The summed E-state index contributed by atoms with van der Waals surface area (Å²) in [6, 6.07) is 16.4. The van der Waals surface area contributed by atoms with E-state index < -0.39 is 5.92 Å². The Kier molecular flexibility index (Phi) is 5.00. The van der Waals surface area contributed by atoms with Crippen LogP contribution in [0.15, 0.2) is 67.0 Å². The summed E-state index contributed by atoms with van der Waals surface area (Å²) in [5.41, 5.74) is 9.08. The highest BCUT2D eigenvalue weighted by molar-refractivity contribution is 6.32. The number of carbonyl (C=O) groups excluding carboxylic acids is 1. The van der Waals surface area contributed by atoms with E-state index in [2.05, 4.69) is 4.98 Å². The van der Waals surface area contributed by atoms with Crippen LogP contribution in [0.25, 0.3) is 11.1 Å². The monoisotopic (exact) mass is 352 g/mol. The molecule has 0 saturated heterocycles. The first-order valence-electron chi connectivity index (χ1n) is 7.81. The van der Waals surface area contributed by atoms with Gasteiger partial charge in [-0.2, -0.15) is 0 Å². The summed E-state index contributed by atoms with van der Waals surface area (Å²) in [7, 11) is 0. The molecule has 2 aromatic carbocycles. The van der Waals surface area contributed by atoms with Gasteiger partial charge in [-0.25, -0.2) is 0 Å². The van der Waals surface area contributed by atoms with Crippen LogP contribution in [0.1, 0.15) is 17.0 Å². The first-order chi connectivity index (χ1) is 12.0. The summed E-state index contributed by atoms with van der Waals surface area (Å²) >= 11 is 5.98. The summed E-state index contributed by atoms with van der Waals surface area (Å²) in [6.45, 7) is 0. The van der Waals surface area contributed by atoms with Crippen molar-refractivity contribution in [3.05, 3.63) is 83.1 Å². The molecule has 3 rings (SSSR count). The SMILES string of the molecule is NC(=O)[C@H](Cc1cncc(-c2ccc(O)c(Cl)c2)c1)c1ccccc1. The molecule has 0 unspecified atom stereocenters. The zero-order valence-corrected chi connectivity index (χ0v) is 14.1. The van der Waals surface area contributed by atoms with Crippen molar-refractivity contribution in [3.63, 3.8) is 0 Å². The fourth-order valence-corrected chi connectivity index (χ4v) is 2.93. The molecule has 0 aliphatic heterocycles. The second-order valence-corrected chi connectivity index (χ2v) is 6.23. The third-order valence-corrected chi connectivity index (χ3v) is 4.36. The predicted molar refractivity (Wildman–Crippen MR) is 98.4 cm³/mol. The molecule has 0 radical (unpaired) electrons. The van der Waals surface area contributed by atoms with Gasteiger partial charge in [0.25, 0.3) is 0 Å². The van der Waals surface area contributed by atoms with Gasteiger partial charge in [-0.05, 0) is 41.3 Å². The molecule has 0 aliphatic carbocycles. The summed E-state index contributed by atoms with van der Waals surface area (Å²) < 4.78 is 0. The van der Waals surface area contributed by atoms with Gasteiger partial charge in [-0.15, -0.1) is 0 Å². The van der Waals surface area contributed by atoms with Crippen LogP contribution in [-0.4, -0.2) is 16.0 Å². The minimum absolute atomic E-state index is 0.0346. The number of aromatic nitrogens is 1. The van der Waals surface area contributed by atoms with Crippen LogP contribution in [0.5, 0.6) is 5.75 Å².